The van der Waals surface area contributed by atoms with E-state index in [9.17, 15) is 0 Å². The first kappa shape index (κ1) is 23.5. The van der Waals surface area contributed by atoms with Crippen molar-refractivity contribution in [1.29, 1.82) is 0 Å². The maximum atomic E-state index is 4.82. The number of nitrogens with zero attached hydrogens (tertiary/aromatic N) is 10. The first-order valence-electron chi connectivity index (χ1n) is 12.4. The van der Waals surface area contributed by atoms with Gasteiger partial charge in [-0.3, -0.25) is 9.98 Å². The number of rotatable bonds is 5. The fraction of sp³-hybridized carbons (Fsp3) is 0.214. The second-order valence-corrected chi connectivity index (χ2v) is 9.16. The van der Waals surface area contributed by atoms with Gasteiger partial charge in [0.15, 0.2) is 23.3 Å². The lowest BCUT2D eigenvalue weighted by atomic mass is 10.2. The van der Waals surface area contributed by atoms with Crippen LogP contribution in [0.3, 0.4) is 0 Å². The molecule has 0 radical (unpaired) electrons. The lowest BCUT2D eigenvalue weighted by Gasteiger charge is -2.34. The molecule has 0 N–H and O–H groups in total. The van der Waals surface area contributed by atoms with Crippen LogP contribution < -0.4 is 19.6 Å². The van der Waals surface area contributed by atoms with Crippen LogP contribution in [0.4, 0.5) is 46.0 Å². The van der Waals surface area contributed by atoms with Crippen LogP contribution in [0.25, 0.3) is 0 Å². The van der Waals surface area contributed by atoms with Crippen molar-refractivity contribution in [2.75, 3.05) is 60.9 Å². The molecule has 6 rings (SSSR count). The zero-order chi connectivity index (χ0) is 26.2. The zero-order valence-electron chi connectivity index (χ0n) is 21.8. The summed E-state index contributed by atoms with van der Waals surface area (Å²) in [5, 5.41) is 0. The van der Waals surface area contributed by atoms with Crippen LogP contribution in [-0.2, 0) is 0 Å². The van der Waals surface area contributed by atoms with E-state index in [-0.39, 0.29) is 0 Å². The van der Waals surface area contributed by atoms with Gasteiger partial charge in [-0.2, -0.15) is 0 Å². The number of anilines is 8. The third-order valence-corrected chi connectivity index (χ3v) is 6.81. The van der Waals surface area contributed by atoms with Crippen molar-refractivity contribution in [3.63, 3.8) is 0 Å². The predicted octanol–water partition coefficient (Wildman–Crippen LogP) is 4.50. The van der Waals surface area contributed by atoms with Crippen LogP contribution in [0.2, 0.25) is 0 Å². The highest BCUT2D eigenvalue weighted by atomic mass is 15.3. The van der Waals surface area contributed by atoms with Gasteiger partial charge in [0.1, 0.15) is 0 Å². The molecule has 6 heterocycles. The molecule has 10 heteroatoms. The summed E-state index contributed by atoms with van der Waals surface area (Å²) in [5.41, 5.74) is 5.67. The summed E-state index contributed by atoms with van der Waals surface area (Å²) in [4.78, 5) is 36.0. The van der Waals surface area contributed by atoms with Gasteiger partial charge < -0.3 is 19.6 Å². The van der Waals surface area contributed by atoms with Crippen LogP contribution >= 0.6 is 0 Å². The van der Waals surface area contributed by atoms with Gasteiger partial charge in [-0.15, -0.1) is 0 Å². The molecule has 2 aliphatic heterocycles. The topological polar surface area (TPSA) is 89.2 Å². The fourth-order valence-electron chi connectivity index (χ4n) is 4.78. The van der Waals surface area contributed by atoms with Gasteiger partial charge in [0.25, 0.3) is 0 Å². The Hall–Kier alpha value is -4.86. The Labute approximate surface area is 221 Å². The Kier molecular flexibility index (Phi) is 5.91. The SMILES string of the molecule is CN1c2ccc(/C=N\CC/N=C/c3ccc4c(n3)N(C)c3cccnc3N4C)nc2N(C)c2cccnc21. The molecule has 0 spiro atoms. The van der Waals surface area contributed by atoms with E-state index in [1.54, 1.807) is 24.8 Å². The van der Waals surface area contributed by atoms with Crippen LogP contribution in [0, 0.1) is 0 Å². The summed E-state index contributed by atoms with van der Waals surface area (Å²) in [5.74, 6) is 3.58. The largest absolute Gasteiger partial charge is 0.325 e. The van der Waals surface area contributed by atoms with E-state index < -0.39 is 0 Å². The Morgan fingerprint density at radius 3 is 1.39 bits per heavy atom. The monoisotopic (exact) mass is 504 g/mol. The number of hydrogen-bond donors (Lipinski definition) is 0. The lowest BCUT2D eigenvalue weighted by molar-refractivity contribution is 0.978. The van der Waals surface area contributed by atoms with E-state index in [2.05, 4.69) is 51.7 Å². The van der Waals surface area contributed by atoms with E-state index >= 15 is 0 Å². The summed E-state index contributed by atoms with van der Waals surface area (Å²) in [7, 11) is 8.04. The minimum absolute atomic E-state index is 0.560. The molecule has 0 fully saturated rings. The second-order valence-electron chi connectivity index (χ2n) is 9.16. The van der Waals surface area contributed by atoms with Crippen molar-refractivity contribution >= 4 is 58.5 Å². The zero-order valence-corrected chi connectivity index (χ0v) is 21.8. The third kappa shape index (κ3) is 4.00. The number of fused-ring (bicyclic) bond motifs is 4. The molecule has 4 aromatic rings. The number of aliphatic imine (C=N–C) groups is 2. The second kappa shape index (κ2) is 9.55. The molecule has 0 bridgehead atoms. The van der Waals surface area contributed by atoms with Crippen molar-refractivity contribution in [2.45, 2.75) is 0 Å². The maximum Gasteiger partial charge on any atom is 0.157 e. The highest BCUT2D eigenvalue weighted by Gasteiger charge is 2.27. The molecule has 2 aliphatic rings. The molecule has 4 aromatic heterocycles. The molecule has 0 amide bonds. The van der Waals surface area contributed by atoms with Gasteiger partial charge in [0, 0.05) is 53.0 Å². The molecule has 10 nitrogen and oxygen atoms in total. The van der Waals surface area contributed by atoms with E-state index in [4.69, 9.17) is 9.97 Å². The lowest BCUT2D eigenvalue weighted by Crippen LogP contribution is -2.26. The summed E-state index contributed by atoms with van der Waals surface area (Å²) in [6, 6.07) is 16.0. The van der Waals surface area contributed by atoms with Crippen molar-refractivity contribution in [2.24, 2.45) is 9.98 Å². The van der Waals surface area contributed by atoms with Gasteiger partial charge in [0.05, 0.1) is 47.2 Å². The normalized spacial score (nSPS) is 14.1. The first-order valence-corrected chi connectivity index (χ1v) is 12.4. The number of hydrogen-bond acceptors (Lipinski definition) is 10. The quantitative estimate of drug-likeness (QED) is 0.290. The molecule has 0 aromatic carbocycles. The minimum Gasteiger partial charge on any atom is -0.325 e. The maximum absolute atomic E-state index is 4.82. The number of pyridine rings is 4. The molecular formula is C28H28N10. The highest BCUT2D eigenvalue weighted by molar-refractivity contribution is 5.92. The molecule has 0 aliphatic carbocycles. The van der Waals surface area contributed by atoms with Gasteiger partial charge in [0.2, 0.25) is 0 Å². The van der Waals surface area contributed by atoms with Crippen molar-refractivity contribution in [3.8, 4) is 0 Å². The Morgan fingerprint density at radius 1 is 0.553 bits per heavy atom. The van der Waals surface area contributed by atoms with Crippen molar-refractivity contribution in [3.05, 3.63) is 72.3 Å². The Bertz CT molecular complexity index is 1450. The Morgan fingerprint density at radius 2 is 0.947 bits per heavy atom. The van der Waals surface area contributed by atoms with Crippen molar-refractivity contribution < 1.29 is 0 Å². The molecular weight excluding hydrogens is 476 g/mol. The minimum atomic E-state index is 0.560. The molecule has 0 saturated carbocycles. The number of aromatic nitrogens is 4. The summed E-state index contributed by atoms with van der Waals surface area (Å²) in [6.07, 6.45) is 7.22. The fourth-order valence-corrected chi connectivity index (χ4v) is 4.78. The van der Waals surface area contributed by atoms with Gasteiger partial charge in [-0.05, 0) is 48.5 Å². The van der Waals surface area contributed by atoms with E-state index in [0.717, 1.165) is 57.4 Å². The smallest absolute Gasteiger partial charge is 0.157 e. The van der Waals surface area contributed by atoms with Crippen LogP contribution in [0.1, 0.15) is 11.4 Å². The van der Waals surface area contributed by atoms with Gasteiger partial charge in [-0.25, -0.2) is 19.9 Å². The molecule has 190 valence electrons. The van der Waals surface area contributed by atoms with E-state index in [1.807, 2.05) is 64.6 Å². The van der Waals surface area contributed by atoms with Crippen LogP contribution in [0.5, 0.6) is 0 Å². The molecule has 38 heavy (non-hydrogen) atoms. The molecule has 0 atom stereocenters. The first-order chi connectivity index (χ1) is 18.5. The molecule has 0 saturated heterocycles. The molecule has 0 unspecified atom stereocenters. The third-order valence-electron chi connectivity index (χ3n) is 6.81. The van der Waals surface area contributed by atoms with Gasteiger partial charge >= 0.3 is 0 Å². The van der Waals surface area contributed by atoms with E-state index in [0.29, 0.717) is 13.1 Å². The Balaban J connectivity index is 1.10. The summed E-state index contributed by atoms with van der Waals surface area (Å²) < 4.78 is 0. The summed E-state index contributed by atoms with van der Waals surface area (Å²) >= 11 is 0. The summed E-state index contributed by atoms with van der Waals surface area (Å²) in [6.45, 7) is 1.12. The highest BCUT2D eigenvalue weighted by Crippen LogP contribution is 2.44. The standard InChI is InChI=1S/C28H28N10/c1-35-23-11-9-19(33-27(23)37(3)21-7-5-13-31-25(21)35)17-29-15-16-30-18-20-10-12-24-28(34-20)38(4)22-8-6-14-32-26(22)36(24)2/h5-14,17-18H,15-16H2,1-4H3/b29-17-,30-18+. The van der Waals surface area contributed by atoms with Crippen molar-refractivity contribution in [1.82, 2.24) is 19.9 Å². The van der Waals surface area contributed by atoms with Crippen LogP contribution in [-0.4, -0.2) is 73.6 Å². The average Bonchev–Trinajstić information content (AvgIpc) is 2.96. The predicted molar refractivity (Wildman–Crippen MR) is 154 cm³/mol. The van der Waals surface area contributed by atoms with Gasteiger partial charge in [-0.1, -0.05) is 0 Å². The van der Waals surface area contributed by atoms with E-state index in [1.165, 1.54) is 0 Å². The average molecular weight is 505 g/mol. The van der Waals surface area contributed by atoms with Crippen LogP contribution in [0.15, 0.2) is 70.9 Å².